The van der Waals surface area contributed by atoms with Crippen molar-refractivity contribution >= 4 is 17.2 Å². The van der Waals surface area contributed by atoms with Crippen molar-refractivity contribution in [3.8, 4) is 11.5 Å². The Bertz CT molecular complexity index is 537. The third-order valence-electron chi connectivity index (χ3n) is 2.79. The van der Waals surface area contributed by atoms with Crippen molar-refractivity contribution < 1.29 is 14.3 Å². The number of hydrogen-bond acceptors (Lipinski definition) is 4. The van der Waals surface area contributed by atoms with E-state index < -0.39 is 6.10 Å². The minimum atomic E-state index is -0.540. The number of rotatable bonds is 6. The zero-order chi connectivity index (χ0) is 14.4. The van der Waals surface area contributed by atoms with Gasteiger partial charge in [-0.1, -0.05) is 0 Å². The molecule has 1 unspecified atom stereocenters. The minimum Gasteiger partial charge on any atom is -0.497 e. The molecule has 2 rings (SSSR count). The van der Waals surface area contributed by atoms with Gasteiger partial charge in [-0.2, -0.15) is 11.3 Å². The molecule has 0 aliphatic rings. The van der Waals surface area contributed by atoms with Crippen LogP contribution >= 0.6 is 11.3 Å². The number of carbonyl (C=O) groups excluding carboxylic acids is 1. The van der Waals surface area contributed by atoms with E-state index in [4.69, 9.17) is 9.47 Å². The molecule has 1 aromatic heterocycles. The first-order chi connectivity index (χ1) is 9.69. The minimum absolute atomic E-state index is 0.132. The first-order valence-corrected chi connectivity index (χ1v) is 7.23. The summed E-state index contributed by atoms with van der Waals surface area (Å²) in [5.74, 6) is 1.27. The van der Waals surface area contributed by atoms with Crippen LogP contribution in [0.5, 0.6) is 11.5 Å². The molecule has 1 N–H and O–H groups in total. The average molecular weight is 291 g/mol. The first-order valence-electron chi connectivity index (χ1n) is 6.28. The zero-order valence-electron chi connectivity index (χ0n) is 11.5. The van der Waals surface area contributed by atoms with Crippen LogP contribution in [0.1, 0.15) is 12.5 Å². The molecule has 0 aliphatic heterocycles. The Hall–Kier alpha value is -2.01. The number of amides is 1. The number of carbonyl (C=O) groups is 1. The van der Waals surface area contributed by atoms with Crippen LogP contribution in [0.25, 0.3) is 0 Å². The van der Waals surface area contributed by atoms with E-state index >= 15 is 0 Å². The maximum absolute atomic E-state index is 11.9. The Morgan fingerprint density at radius 3 is 2.55 bits per heavy atom. The lowest BCUT2D eigenvalue weighted by atomic mass is 10.3. The molecule has 1 heterocycles. The molecule has 0 bridgehead atoms. The van der Waals surface area contributed by atoms with E-state index in [1.165, 1.54) is 0 Å². The third-order valence-corrected chi connectivity index (χ3v) is 3.52. The van der Waals surface area contributed by atoms with Crippen LogP contribution in [0.3, 0.4) is 0 Å². The van der Waals surface area contributed by atoms with Gasteiger partial charge in [-0.25, -0.2) is 0 Å². The number of thiophene rings is 1. The lowest BCUT2D eigenvalue weighted by molar-refractivity contribution is -0.127. The zero-order valence-corrected chi connectivity index (χ0v) is 12.3. The normalized spacial score (nSPS) is 11.7. The predicted molar refractivity (Wildman–Crippen MR) is 79.2 cm³/mol. The Labute approximate surface area is 122 Å². The molecule has 0 radical (unpaired) electrons. The summed E-state index contributed by atoms with van der Waals surface area (Å²) in [5.41, 5.74) is 1.10. The molecule has 2 aromatic rings. The van der Waals surface area contributed by atoms with Crippen LogP contribution in [-0.2, 0) is 11.3 Å². The van der Waals surface area contributed by atoms with Crippen molar-refractivity contribution in [1.82, 2.24) is 5.32 Å². The van der Waals surface area contributed by atoms with Gasteiger partial charge in [0.05, 0.1) is 7.11 Å². The number of ether oxygens (including phenoxy) is 2. The van der Waals surface area contributed by atoms with E-state index in [0.717, 1.165) is 11.3 Å². The standard InChI is InChI=1S/C15H17NO3S/c1-11(15(17)16-9-12-7-8-20-10-12)19-14-5-3-13(18-2)4-6-14/h3-8,10-11H,9H2,1-2H3,(H,16,17). The molecule has 0 fully saturated rings. The fourth-order valence-electron chi connectivity index (χ4n) is 1.64. The van der Waals surface area contributed by atoms with E-state index in [9.17, 15) is 4.79 Å². The van der Waals surface area contributed by atoms with Crippen molar-refractivity contribution in [1.29, 1.82) is 0 Å². The molecule has 0 aliphatic carbocycles. The molecule has 0 saturated heterocycles. The lowest BCUT2D eigenvalue weighted by Crippen LogP contribution is -2.35. The van der Waals surface area contributed by atoms with Crippen LogP contribution in [0.15, 0.2) is 41.1 Å². The second kappa shape index (κ2) is 6.96. The number of nitrogens with one attached hydrogen (secondary N) is 1. The summed E-state index contributed by atoms with van der Waals surface area (Å²) in [6, 6.07) is 9.14. The molecule has 0 saturated carbocycles. The highest BCUT2D eigenvalue weighted by Crippen LogP contribution is 2.18. The van der Waals surface area contributed by atoms with Crippen LogP contribution in [0.2, 0.25) is 0 Å². The number of benzene rings is 1. The van der Waals surface area contributed by atoms with Crippen molar-refractivity contribution in [2.24, 2.45) is 0 Å². The Morgan fingerprint density at radius 1 is 1.25 bits per heavy atom. The molecule has 0 spiro atoms. The van der Waals surface area contributed by atoms with E-state index in [1.807, 2.05) is 16.8 Å². The molecule has 5 heteroatoms. The Balaban J connectivity index is 1.83. The van der Waals surface area contributed by atoms with Gasteiger partial charge in [0, 0.05) is 6.54 Å². The molecule has 1 amide bonds. The van der Waals surface area contributed by atoms with Gasteiger partial charge in [-0.15, -0.1) is 0 Å². The van der Waals surface area contributed by atoms with Crippen molar-refractivity contribution in [3.63, 3.8) is 0 Å². The van der Waals surface area contributed by atoms with Crippen molar-refractivity contribution in [2.75, 3.05) is 7.11 Å². The number of methoxy groups -OCH3 is 1. The largest absolute Gasteiger partial charge is 0.497 e. The smallest absolute Gasteiger partial charge is 0.261 e. The molecule has 20 heavy (non-hydrogen) atoms. The van der Waals surface area contributed by atoms with Crippen molar-refractivity contribution in [3.05, 3.63) is 46.7 Å². The summed E-state index contributed by atoms with van der Waals surface area (Å²) in [5, 5.41) is 6.84. The predicted octanol–water partition coefficient (Wildman–Crippen LogP) is 2.84. The summed E-state index contributed by atoms with van der Waals surface area (Å²) in [6.07, 6.45) is -0.540. The summed E-state index contributed by atoms with van der Waals surface area (Å²) >= 11 is 1.61. The molecule has 106 valence electrons. The highest BCUT2D eigenvalue weighted by molar-refractivity contribution is 7.07. The van der Waals surface area contributed by atoms with Crippen LogP contribution in [0.4, 0.5) is 0 Å². The summed E-state index contributed by atoms with van der Waals surface area (Å²) in [6.45, 7) is 2.26. The fourth-order valence-corrected chi connectivity index (χ4v) is 2.31. The highest BCUT2D eigenvalue weighted by atomic mass is 32.1. The van der Waals surface area contributed by atoms with Crippen molar-refractivity contribution in [2.45, 2.75) is 19.6 Å². The monoisotopic (exact) mass is 291 g/mol. The van der Waals surface area contributed by atoms with Gasteiger partial charge in [-0.3, -0.25) is 4.79 Å². The molecular formula is C15H17NO3S. The molecular weight excluding hydrogens is 274 g/mol. The SMILES string of the molecule is COc1ccc(OC(C)C(=O)NCc2ccsc2)cc1. The van der Waals surface area contributed by atoms with Crippen LogP contribution < -0.4 is 14.8 Å². The van der Waals surface area contributed by atoms with Gasteiger partial charge in [0.25, 0.3) is 5.91 Å². The van der Waals surface area contributed by atoms with E-state index in [2.05, 4.69) is 5.32 Å². The average Bonchev–Trinajstić information content (AvgIpc) is 2.98. The van der Waals surface area contributed by atoms with Gasteiger partial charge >= 0.3 is 0 Å². The van der Waals surface area contributed by atoms with Gasteiger partial charge in [0.2, 0.25) is 0 Å². The topological polar surface area (TPSA) is 47.6 Å². The Morgan fingerprint density at radius 2 is 1.95 bits per heavy atom. The molecule has 4 nitrogen and oxygen atoms in total. The highest BCUT2D eigenvalue weighted by Gasteiger charge is 2.14. The maximum Gasteiger partial charge on any atom is 0.261 e. The van der Waals surface area contributed by atoms with Gasteiger partial charge in [0.15, 0.2) is 6.10 Å². The molecule has 1 atom stereocenters. The molecule has 1 aromatic carbocycles. The first kappa shape index (κ1) is 14.4. The summed E-state index contributed by atoms with van der Waals surface area (Å²) < 4.78 is 10.6. The summed E-state index contributed by atoms with van der Waals surface area (Å²) in [4.78, 5) is 11.9. The van der Waals surface area contributed by atoms with Crippen LogP contribution in [0, 0.1) is 0 Å². The quantitative estimate of drug-likeness (QED) is 0.890. The Kier molecular flexibility index (Phi) is 5.01. The van der Waals surface area contributed by atoms with Gasteiger partial charge in [0.1, 0.15) is 11.5 Å². The van der Waals surface area contributed by atoms with Gasteiger partial charge < -0.3 is 14.8 Å². The van der Waals surface area contributed by atoms with E-state index in [1.54, 1.807) is 49.6 Å². The van der Waals surface area contributed by atoms with E-state index in [0.29, 0.717) is 12.3 Å². The lowest BCUT2D eigenvalue weighted by Gasteiger charge is -2.14. The number of hydrogen-bond donors (Lipinski definition) is 1. The third kappa shape index (κ3) is 3.99. The second-order valence-corrected chi connectivity index (χ2v) is 5.07. The summed E-state index contributed by atoms with van der Waals surface area (Å²) in [7, 11) is 1.61. The second-order valence-electron chi connectivity index (χ2n) is 4.29. The fraction of sp³-hybridized carbons (Fsp3) is 0.267. The van der Waals surface area contributed by atoms with E-state index in [-0.39, 0.29) is 5.91 Å². The van der Waals surface area contributed by atoms with Gasteiger partial charge in [-0.05, 0) is 53.6 Å². The van der Waals surface area contributed by atoms with Crippen LogP contribution in [-0.4, -0.2) is 19.1 Å². The maximum atomic E-state index is 11.9.